The third-order valence-corrected chi connectivity index (χ3v) is 5.25. The molecule has 98 valence electrons. The molecule has 1 aliphatic rings. The molecule has 0 atom stereocenters. The van der Waals surface area contributed by atoms with E-state index in [-0.39, 0.29) is 0 Å². The van der Waals surface area contributed by atoms with Gasteiger partial charge in [-0.05, 0) is 37.1 Å². The second-order valence-electron chi connectivity index (χ2n) is 4.77. The van der Waals surface area contributed by atoms with Gasteiger partial charge in [-0.15, -0.1) is 0 Å². The van der Waals surface area contributed by atoms with Gasteiger partial charge in [0.1, 0.15) is 0 Å². The first-order valence-corrected chi connectivity index (χ1v) is 7.70. The van der Waals surface area contributed by atoms with Gasteiger partial charge in [0, 0.05) is 6.54 Å². The van der Waals surface area contributed by atoms with Gasteiger partial charge in [-0.1, -0.05) is 35.9 Å². The summed E-state index contributed by atoms with van der Waals surface area (Å²) in [6.07, 6.45) is 0.781. The van der Waals surface area contributed by atoms with Gasteiger partial charge in [0.25, 0.3) is 10.0 Å². The average Bonchev–Trinajstić information content (AvgIpc) is 2.83. The van der Waals surface area contributed by atoms with Gasteiger partial charge in [0.2, 0.25) is 0 Å². The number of fused-ring (bicyclic) bond motifs is 1. The molecule has 0 amide bonds. The molecule has 0 bridgehead atoms. The topological polar surface area (TPSA) is 37.4 Å². The van der Waals surface area contributed by atoms with Crippen molar-refractivity contribution < 1.29 is 8.42 Å². The van der Waals surface area contributed by atoms with Crippen LogP contribution in [0.4, 0.5) is 5.69 Å². The molecule has 0 unspecified atom stereocenters. The Kier molecular flexibility index (Phi) is 2.82. The lowest BCUT2D eigenvalue weighted by Gasteiger charge is -2.19. The Morgan fingerprint density at radius 2 is 1.79 bits per heavy atom. The second kappa shape index (κ2) is 4.38. The zero-order valence-electron chi connectivity index (χ0n) is 10.7. The van der Waals surface area contributed by atoms with E-state index in [4.69, 9.17) is 0 Å². The molecule has 0 N–H and O–H groups in total. The van der Waals surface area contributed by atoms with Crippen LogP contribution in [0, 0.1) is 6.92 Å². The Morgan fingerprint density at radius 3 is 2.53 bits per heavy atom. The number of anilines is 1. The maximum Gasteiger partial charge on any atom is 0.264 e. The molecule has 0 saturated carbocycles. The Morgan fingerprint density at radius 1 is 1.05 bits per heavy atom. The third-order valence-electron chi connectivity index (χ3n) is 3.42. The lowest BCUT2D eigenvalue weighted by Crippen LogP contribution is -2.29. The fraction of sp³-hybridized carbons (Fsp3) is 0.200. The normalized spacial score (nSPS) is 14.5. The van der Waals surface area contributed by atoms with Crippen LogP contribution >= 0.6 is 0 Å². The lowest BCUT2D eigenvalue weighted by atomic mass is 10.1. The third kappa shape index (κ3) is 2.02. The van der Waals surface area contributed by atoms with E-state index in [1.54, 1.807) is 24.3 Å². The fourth-order valence-corrected chi connectivity index (χ4v) is 3.99. The minimum atomic E-state index is -3.43. The molecule has 0 fully saturated rings. The quantitative estimate of drug-likeness (QED) is 0.843. The molecule has 4 heteroatoms. The summed E-state index contributed by atoms with van der Waals surface area (Å²) in [6, 6.07) is 14.5. The van der Waals surface area contributed by atoms with Crippen LogP contribution in [0.25, 0.3) is 0 Å². The highest BCUT2D eigenvalue weighted by Crippen LogP contribution is 2.33. The highest BCUT2D eigenvalue weighted by Gasteiger charge is 2.30. The molecule has 19 heavy (non-hydrogen) atoms. The van der Waals surface area contributed by atoms with Gasteiger partial charge >= 0.3 is 0 Å². The summed E-state index contributed by atoms with van der Waals surface area (Å²) in [5, 5.41) is 0. The van der Waals surface area contributed by atoms with Crippen LogP contribution in [0.2, 0.25) is 0 Å². The van der Waals surface area contributed by atoms with Crippen molar-refractivity contribution in [2.75, 3.05) is 10.8 Å². The number of hydrogen-bond donors (Lipinski definition) is 0. The standard InChI is InChI=1S/C15H15NO2S/c1-12-7-8-15-13(11-12)9-10-16(15)19(17,18)14-5-3-2-4-6-14/h2-8,11H,9-10H2,1H3. The smallest absolute Gasteiger partial charge is 0.264 e. The predicted octanol–water partition coefficient (Wildman–Crippen LogP) is 2.75. The van der Waals surface area contributed by atoms with Crippen molar-refractivity contribution in [3.05, 3.63) is 59.7 Å². The van der Waals surface area contributed by atoms with Crippen LogP contribution in [0.15, 0.2) is 53.4 Å². The van der Waals surface area contributed by atoms with Crippen molar-refractivity contribution in [2.24, 2.45) is 0 Å². The highest BCUT2D eigenvalue weighted by molar-refractivity contribution is 7.92. The molecular weight excluding hydrogens is 258 g/mol. The van der Waals surface area contributed by atoms with Crippen molar-refractivity contribution >= 4 is 15.7 Å². The minimum absolute atomic E-state index is 0.350. The summed E-state index contributed by atoms with van der Waals surface area (Å²) in [5.74, 6) is 0. The first-order valence-electron chi connectivity index (χ1n) is 6.26. The molecular formula is C15H15NO2S. The molecule has 0 spiro atoms. The maximum absolute atomic E-state index is 12.6. The maximum atomic E-state index is 12.6. The Hall–Kier alpha value is -1.81. The van der Waals surface area contributed by atoms with E-state index in [0.717, 1.165) is 23.2 Å². The molecule has 1 heterocycles. The van der Waals surface area contributed by atoms with Crippen LogP contribution in [0.5, 0.6) is 0 Å². The number of rotatable bonds is 2. The molecule has 0 saturated heterocycles. The molecule has 3 rings (SSSR count). The van der Waals surface area contributed by atoms with Crippen molar-refractivity contribution in [1.29, 1.82) is 0 Å². The molecule has 0 aromatic heterocycles. The molecule has 0 aliphatic carbocycles. The predicted molar refractivity (Wildman–Crippen MR) is 75.9 cm³/mol. The number of nitrogens with zero attached hydrogens (tertiary/aromatic N) is 1. The Balaban J connectivity index is 2.07. The first kappa shape index (κ1) is 12.2. The van der Waals surface area contributed by atoms with Gasteiger partial charge in [-0.2, -0.15) is 0 Å². The van der Waals surface area contributed by atoms with Crippen molar-refractivity contribution in [2.45, 2.75) is 18.2 Å². The van der Waals surface area contributed by atoms with E-state index in [0.29, 0.717) is 11.4 Å². The average molecular weight is 273 g/mol. The van der Waals surface area contributed by atoms with E-state index in [1.165, 1.54) is 4.31 Å². The van der Waals surface area contributed by atoms with Crippen molar-refractivity contribution in [3.63, 3.8) is 0 Å². The van der Waals surface area contributed by atoms with Crippen LogP contribution in [0.3, 0.4) is 0 Å². The Labute approximate surface area is 113 Å². The fourth-order valence-electron chi connectivity index (χ4n) is 2.47. The SMILES string of the molecule is Cc1ccc2c(c1)CCN2S(=O)(=O)c1ccccc1. The summed E-state index contributed by atoms with van der Waals surface area (Å²) in [7, 11) is -3.43. The van der Waals surface area contributed by atoms with Gasteiger partial charge in [-0.25, -0.2) is 8.42 Å². The minimum Gasteiger partial charge on any atom is -0.266 e. The zero-order chi connectivity index (χ0) is 13.5. The van der Waals surface area contributed by atoms with Gasteiger partial charge in [0.05, 0.1) is 10.6 Å². The summed E-state index contributed by atoms with van der Waals surface area (Å²) in [5.41, 5.74) is 3.09. The monoisotopic (exact) mass is 273 g/mol. The number of hydrogen-bond acceptors (Lipinski definition) is 2. The van der Waals surface area contributed by atoms with Crippen molar-refractivity contribution in [1.82, 2.24) is 0 Å². The first-order chi connectivity index (χ1) is 9.09. The molecule has 3 nitrogen and oxygen atoms in total. The van der Waals surface area contributed by atoms with Gasteiger partial charge in [0.15, 0.2) is 0 Å². The molecule has 0 radical (unpaired) electrons. The number of benzene rings is 2. The van der Waals surface area contributed by atoms with Crippen LogP contribution in [-0.2, 0) is 16.4 Å². The zero-order valence-corrected chi connectivity index (χ0v) is 11.5. The Bertz CT molecular complexity index is 708. The summed E-state index contributed by atoms with van der Waals surface area (Å²) in [6.45, 7) is 2.55. The van der Waals surface area contributed by atoms with Crippen LogP contribution < -0.4 is 4.31 Å². The molecule has 2 aromatic carbocycles. The number of sulfonamides is 1. The van der Waals surface area contributed by atoms with E-state index in [2.05, 4.69) is 6.07 Å². The molecule has 1 aliphatic heterocycles. The summed E-state index contributed by atoms with van der Waals surface area (Å²) < 4.78 is 26.7. The summed E-state index contributed by atoms with van der Waals surface area (Å²) in [4.78, 5) is 0.350. The van der Waals surface area contributed by atoms with E-state index in [1.807, 2.05) is 25.1 Å². The second-order valence-corrected chi connectivity index (χ2v) is 6.63. The highest BCUT2D eigenvalue weighted by atomic mass is 32.2. The van der Waals surface area contributed by atoms with Crippen molar-refractivity contribution in [3.8, 4) is 0 Å². The van der Waals surface area contributed by atoms with Gasteiger partial charge in [-0.3, -0.25) is 4.31 Å². The van der Waals surface area contributed by atoms with E-state index in [9.17, 15) is 8.42 Å². The molecule has 2 aromatic rings. The summed E-state index contributed by atoms with van der Waals surface area (Å²) >= 11 is 0. The van der Waals surface area contributed by atoms with Crippen LogP contribution in [-0.4, -0.2) is 15.0 Å². The van der Waals surface area contributed by atoms with E-state index >= 15 is 0 Å². The van der Waals surface area contributed by atoms with Crippen LogP contribution in [0.1, 0.15) is 11.1 Å². The van der Waals surface area contributed by atoms with E-state index < -0.39 is 10.0 Å². The lowest BCUT2D eigenvalue weighted by molar-refractivity contribution is 0.592. The largest absolute Gasteiger partial charge is 0.266 e. The van der Waals surface area contributed by atoms with Gasteiger partial charge < -0.3 is 0 Å². The number of aryl methyl sites for hydroxylation is 1.